The van der Waals surface area contributed by atoms with Crippen molar-refractivity contribution >= 4 is 33.2 Å². The second-order valence-corrected chi connectivity index (χ2v) is 5.07. The normalized spacial score (nSPS) is 10.3. The molecule has 0 fully saturated rings. The molecule has 0 saturated heterocycles. The van der Waals surface area contributed by atoms with Crippen LogP contribution >= 0.6 is 15.9 Å². The van der Waals surface area contributed by atoms with E-state index in [-0.39, 0.29) is 15.7 Å². The molecule has 0 spiro atoms. The molecule has 0 aliphatic rings. The van der Waals surface area contributed by atoms with Crippen LogP contribution in [0.5, 0.6) is 0 Å². The fraction of sp³-hybridized carbons (Fsp3) is 0.0769. The van der Waals surface area contributed by atoms with Crippen LogP contribution in [0.2, 0.25) is 0 Å². The Kier molecular flexibility index (Phi) is 4.49. The average Bonchev–Trinajstić information content (AvgIpc) is 2.44. The number of halogens is 3. The second kappa shape index (κ2) is 6.15. The number of hydrazine groups is 1. The van der Waals surface area contributed by atoms with Crippen molar-refractivity contribution in [2.24, 2.45) is 5.84 Å². The fourth-order valence-corrected chi connectivity index (χ4v) is 2.01. The Labute approximate surface area is 127 Å². The first-order chi connectivity index (χ1) is 9.92. The molecular formula is C13H11BrF2N4O. The van der Waals surface area contributed by atoms with E-state index in [4.69, 9.17) is 5.84 Å². The van der Waals surface area contributed by atoms with Crippen LogP contribution < -0.4 is 16.6 Å². The highest BCUT2D eigenvalue weighted by atomic mass is 79.9. The van der Waals surface area contributed by atoms with E-state index in [1.165, 1.54) is 6.20 Å². The lowest BCUT2D eigenvalue weighted by Gasteiger charge is -2.11. The Balaban J connectivity index is 2.32. The van der Waals surface area contributed by atoms with Gasteiger partial charge in [-0.25, -0.2) is 8.78 Å². The van der Waals surface area contributed by atoms with Gasteiger partial charge >= 0.3 is 0 Å². The number of amides is 1. The summed E-state index contributed by atoms with van der Waals surface area (Å²) in [4.78, 5) is 16.1. The lowest BCUT2D eigenvalue weighted by atomic mass is 10.2. The van der Waals surface area contributed by atoms with E-state index in [1.807, 2.05) is 0 Å². The molecule has 0 saturated carbocycles. The fourth-order valence-electron chi connectivity index (χ4n) is 1.67. The highest BCUT2D eigenvalue weighted by Crippen LogP contribution is 2.25. The van der Waals surface area contributed by atoms with Crippen molar-refractivity contribution in [2.75, 3.05) is 10.7 Å². The van der Waals surface area contributed by atoms with Crippen LogP contribution in [0.1, 0.15) is 16.1 Å². The number of nitrogens with one attached hydrogen (secondary N) is 2. The molecular weight excluding hydrogens is 346 g/mol. The Morgan fingerprint density at radius 3 is 2.62 bits per heavy atom. The zero-order valence-electron chi connectivity index (χ0n) is 10.9. The van der Waals surface area contributed by atoms with Crippen molar-refractivity contribution in [3.05, 3.63) is 51.8 Å². The standard InChI is InChI=1S/C13H11BrF2N4O/c1-6-2-11(20-17)7(5-18-6)13(21)19-12-3-8(14)9(15)4-10(12)16/h2-5H,17H2,1H3,(H,18,20)(H,19,21). The number of aromatic nitrogens is 1. The van der Waals surface area contributed by atoms with Gasteiger partial charge in [-0.15, -0.1) is 0 Å². The topological polar surface area (TPSA) is 80.0 Å². The van der Waals surface area contributed by atoms with E-state index in [9.17, 15) is 13.6 Å². The molecule has 0 radical (unpaired) electrons. The molecule has 21 heavy (non-hydrogen) atoms. The molecule has 1 amide bonds. The predicted molar refractivity (Wildman–Crippen MR) is 78.8 cm³/mol. The van der Waals surface area contributed by atoms with Crippen molar-refractivity contribution in [2.45, 2.75) is 6.92 Å². The second-order valence-electron chi connectivity index (χ2n) is 4.22. The van der Waals surface area contributed by atoms with Crippen LogP contribution in [-0.4, -0.2) is 10.9 Å². The summed E-state index contributed by atoms with van der Waals surface area (Å²) in [7, 11) is 0. The molecule has 0 unspecified atom stereocenters. The van der Waals surface area contributed by atoms with E-state index in [0.717, 1.165) is 6.07 Å². The van der Waals surface area contributed by atoms with Crippen LogP contribution in [-0.2, 0) is 0 Å². The van der Waals surface area contributed by atoms with Gasteiger partial charge in [0, 0.05) is 18.0 Å². The van der Waals surface area contributed by atoms with Gasteiger partial charge in [0.05, 0.1) is 21.4 Å². The van der Waals surface area contributed by atoms with Crippen molar-refractivity contribution in [1.29, 1.82) is 0 Å². The number of aryl methyl sites for hydroxylation is 1. The molecule has 2 aromatic rings. The highest BCUT2D eigenvalue weighted by molar-refractivity contribution is 9.10. The van der Waals surface area contributed by atoms with Gasteiger partial charge in [0.1, 0.15) is 11.6 Å². The molecule has 0 bridgehead atoms. The van der Waals surface area contributed by atoms with Gasteiger partial charge in [-0.05, 0) is 35.0 Å². The lowest BCUT2D eigenvalue weighted by Crippen LogP contribution is -2.18. The summed E-state index contributed by atoms with van der Waals surface area (Å²) in [5.74, 6) is 3.08. The molecule has 0 atom stereocenters. The third kappa shape index (κ3) is 3.34. The first-order valence-electron chi connectivity index (χ1n) is 5.81. The van der Waals surface area contributed by atoms with Crippen LogP contribution in [0.25, 0.3) is 0 Å². The van der Waals surface area contributed by atoms with Crippen LogP contribution in [0.15, 0.2) is 28.9 Å². The zero-order chi connectivity index (χ0) is 15.6. The molecule has 0 aliphatic heterocycles. The molecule has 0 aliphatic carbocycles. The van der Waals surface area contributed by atoms with E-state index in [2.05, 4.69) is 31.7 Å². The Bertz CT molecular complexity index is 709. The van der Waals surface area contributed by atoms with Gasteiger partial charge < -0.3 is 10.7 Å². The van der Waals surface area contributed by atoms with Gasteiger partial charge in [-0.2, -0.15) is 0 Å². The number of anilines is 2. The van der Waals surface area contributed by atoms with E-state index in [1.54, 1.807) is 13.0 Å². The third-order valence-electron chi connectivity index (χ3n) is 2.70. The van der Waals surface area contributed by atoms with Crippen LogP contribution in [0.3, 0.4) is 0 Å². The average molecular weight is 357 g/mol. The molecule has 1 aromatic carbocycles. The smallest absolute Gasteiger partial charge is 0.259 e. The number of carbonyl (C=O) groups is 1. The third-order valence-corrected chi connectivity index (χ3v) is 3.31. The number of nitrogens with two attached hydrogens (primary N) is 1. The number of nitrogens with zero attached hydrogens (tertiary/aromatic N) is 1. The minimum absolute atomic E-state index is 0.0402. The first kappa shape index (κ1) is 15.3. The maximum Gasteiger partial charge on any atom is 0.259 e. The number of pyridine rings is 1. The summed E-state index contributed by atoms with van der Waals surface area (Å²) in [5.41, 5.74) is 3.37. The zero-order valence-corrected chi connectivity index (χ0v) is 12.5. The number of rotatable bonds is 3. The van der Waals surface area contributed by atoms with E-state index >= 15 is 0 Å². The largest absolute Gasteiger partial charge is 0.323 e. The highest BCUT2D eigenvalue weighted by Gasteiger charge is 2.15. The quantitative estimate of drug-likeness (QED) is 0.448. The Hall–Kier alpha value is -2.06. The van der Waals surface area contributed by atoms with Crippen molar-refractivity contribution in [3.8, 4) is 0 Å². The number of nitrogen functional groups attached to an aromatic ring is 1. The predicted octanol–water partition coefficient (Wildman–Crippen LogP) is 2.97. The molecule has 4 N–H and O–H groups in total. The molecule has 2 rings (SSSR count). The number of hydrogen-bond acceptors (Lipinski definition) is 4. The summed E-state index contributed by atoms with van der Waals surface area (Å²) in [6, 6.07) is 3.39. The maximum atomic E-state index is 13.6. The number of benzene rings is 1. The molecule has 8 heteroatoms. The summed E-state index contributed by atoms with van der Waals surface area (Å²) in [5, 5.41) is 2.34. The van der Waals surface area contributed by atoms with Crippen molar-refractivity contribution in [3.63, 3.8) is 0 Å². The summed E-state index contributed by atoms with van der Waals surface area (Å²) in [6.45, 7) is 1.74. The van der Waals surface area contributed by atoms with Gasteiger partial charge in [-0.3, -0.25) is 15.6 Å². The molecule has 5 nitrogen and oxygen atoms in total. The van der Waals surface area contributed by atoms with Gasteiger partial charge in [0.2, 0.25) is 0 Å². The number of hydrogen-bond donors (Lipinski definition) is 3. The van der Waals surface area contributed by atoms with Crippen molar-refractivity contribution < 1.29 is 13.6 Å². The van der Waals surface area contributed by atoms with Crippen molar-refractivity contribution in [1.82, 2.24) is 4.98 Å². The first-order valence-corrected chi connectivity index (χ1v) is 6.61. The van der Waals surface area contributed by atoms with Gasteiger partial charge in [0.25, 0.3) is 5.91 Å². The maximum absolute atomic E-state index is 13.6. The summed E-state index contributed by atoms with van der Waals surface area (Å²) >= 11 is 2.93. The number of carbonyl (C=O) groups excluding carboxylic acids is 1. The summed E-state index contributed by atoms with van der Waals surface area (Å²) in [6.07, 6.45) is 1.32. The van der Waals surface area contributed by atoms with Gasteiger partial charge in [-0.1, -0.05) is 0 Å². The summed E-state index contributed by atoms with van der Waals surface area (Å²) < 4.78 is 26.8. The Morgan fingerprint density at radius 1 is 1.24 bits per heavy atom. The van der Waals surface area contributed by atoms with Crippen LogP contribution in [0.4, 0.5) is 20.2 Å². The molecule has 110 valence electrons. The molecule has 1 heterocycles. The minimum Gasteiger partial charge on any atom is -0.323 e. The monoisotopic (exact) mass is 356 g/mol. The van der Waals surface area contributed by atoms with E-state index < -0.39 is 17.5 Å². The van der Waals surface area contributed by atoms with Gasteiger partial charge in [0.15, 0.2) is 0 Å². The Morgan fingerprint density at radius 2 is 1.95 bits per heavy atom. The van der Waals surface area contributed by atoms with Crippen LogP contribution in [0, 0.1) is 18.6 Å². The SMILES string of the molecule is Cc1cc(NN)c(C(=O)Nc2cc(Br)c(F)cc2F)cn1. The minimum atomic E-state index is -0.883. The molecule has 1 aromatic heterocycles. The van der Waals surface area contributed by atoms with E-state index in [0.29, 0.717) is 17.4 Å². The lowest BCUT2D eigenvalue weighted by molar-refractivity contribution is 0.102.